The molecule has 0 aliphatic heterocycles. The summed E-state index contributed by atoms with van der Waals surface area (Å²) in [6.07, 6.45) is -5.15. The maximum Gasteiger partial charge on any atom is 0.389 e. The predicted molar refractivity (Wildman–Crippen MR) is 69.7 cm³/mol. The molecular formula is C12H14F3NO2S. The minimum absolute atomic E-state index is 0.0382. The number of methoxy groups -OCH3 is 1. The van der Waals surface area contributed by atoms with Crippen molar-refractivity contribution in [3.63, 3.8) is 0 Å². The van der Waals surface area contributed by atoms with Gasteiger partial charge in [-0.1, -0.05) is 12.2 Å². The Morgan fingerprint density at radius 2 is 1.89 bits per heavy atom. The number of alkyl halides is 3. The van der Waals surface area contributed by atoms with Gasteiger partial charge in [-0.05, 0) is 18.6 Å². The Labute approximate surface area is 114 Å². The van der Waals surface area contributed by atoms with Crippen LogP contribution in [0.15, 0.2) is 18.2 Å². The first-order valence-electron chi connectivity index (χ1n) is 5.50. The van der Waals surface area contributed by atoms with Crippen molar-refractivity contribution in [2.24, 2.45) is 5.73 Å². The summed E-state index contributed by atoms with van der Waals surface area (Å²) in [5.74, 6) is 0.862. The lowest BCUT2D eigenvalue weighted by atomic mass is 10.2. The molecule has 0 radical (unpaired) electrons. The second-order valence-electron chi connectivity index (χ2n) is 3.83. The van der Waals surface area contributed by atoms with Gasteiger partial charge in [0.25, 0.3) is 0 Å². The molecule has 0 aromatic heterocycles. The Hall–Kier alpha value is -1.50. The van der Waals surface area contributed by atoms with Crippen LogP contribution >= 0.6 is 12.2 Å². The fraction of sp³-hybridized carbons (Fsp3) is 0.417. The first-order chi connectivity index (χ1) is 8.81. The average Bonchev–Trinajstić information content (AvgIpc) is 2.33. The number of ether oxygens (including phenoxy) is 2. The van der Waals surface area contributed by atoms with E-state index in [0.29, 0.717) is 17.1 Å². The number of hydrogen-bond acceptors (Lipinski definition) is 3. The minimum atomic E-state index is -4.16. The second kappa shape index (κ2) is 6.60. The molecular weight excluding hydrogens is 279 g/mol. The van der Waals surface area contributed by atoms with Crippen LogP contribution in [0.5, 0.6) is 11.5 Å². The topological polar surface area (TPSA) is 44.5 Å². The highest BCUT2D eigenvalue weighted by Crippen LogP contribution is 2.24. The lowest BCUT2D eigenvalue weighted by Crippen LogP contribution is -2.11. The predicted octanol–water partition coefficient (Wildman–Crippen LogP) is 3.05. The lowest BCUT2D eigenvalue weighted by Gasteiger charge is -2.11. The standard InChI is InChI=1S/C12H14F3NO2S/c1-17-9-5-8(11(16)19)6-10(7-9)18-4-2-3-12(13,14)15/h5-7H,2-4H2,1H3,(H2,16,19). The first kappa shape index (κ1) is 15.6. The monoisotopic (exact) mass is 293 g/mol. The van der Waals surface area contributed by atoms with E-state index in [0.717, 1.165) is 0 Å². The largest absolute Gasteiger partial charge is 0.497 e. The third kappa shape index (κ3) is 5.78. The van der Waals surface area contributed by atoms with Crippen molar-refractivity contribution in [3.8, 4) is 11.5 Å². The zero-order valence-electron chi connectivity index (χ0n) is 10.3. The maximum absolute atomic E-state index is 12.0. The molecule has 0 amide bonds. The Kier molecular flexibility index (Phi) is 5.41. The Morgan fingerprint density at radius 1 is 1.26 bits per heavy atom. The van der Waals surface area contributed by atoms with Crippen LogP contribution in [0, 0.1) is 0 Å². The van der Waals surface area contributed by atoms with Gasteiger partial charge >= 0.3 is 6.18 Å². The molecule has 0 heterocycles. The van der Waals surface area contributed by atoms with Crippen LogP contribution in [-0.4, -0.2) is 24.9 Å². The van der Waals surface area contributed by atoms with E-state index in [4.69, 9.17) is 27.4 Å². The van der Waals surface area contributed by atoms with Crippen molar-refractivity contribution in [1.82, 2.24) is 0 Å². The molecule has 7 heteroatoms. The number of nitrogens with two attached hydrogens (primary N) is 1. The van der Waals surface area contributed by atoms with Crippen molar-refractivity contribution in [2.75, 3.05) is 13.7 Å². The van der Waals surface area contributed by atoms with Crippen LogP contribution in [0.1, 0.15) is 18.4 Å². The first-order valence-corrected chi connectivity index (χ1v) is 5.91. The Bertz CT molecular complexity index is 449. The Morgan fingerprint density at radius 3 is 2.42 bits per heavy atom. The molecule has 0 aliphatic carbocycles. The Balaban J connectivity index is 2.62. The normalized spacial score (nSPS) is 11.2. The number of thiocarbonyl (C=S) groups is 1. The van der Waals surface area contributed by atoms with Crippen LogP contribution in [-0.2, 0) is 0 Å². The highest BCUT2D eigenvalue weighted by atomic mass is 32.1. The quantitative estimate of drug-likeness (QED) is 0.647. The molecule has 0 spiro atoms. The fourth-order valence-electron chi connectivity index (χ4n) is 1.38. The van der Waals surface area contributed by atoms with Gasteiger partial charge in [0.1, 0.15) is 16.5 Å². The van der Waals surface area contributed by atoms with Crippen molar-refractivity contribution < 1.29 is 22.6 Å². The molecule has 3 nitrogen and oxygen atoms in total. The third-order valence-electron chi connectivity index (χ3n) is 2.27. The zero-order chi connectivity index (χ0) is 14.5. The van der Waals surface area contributed by atoms with Gasteiger partial charge in [0.2, 0.25) is 0 Å². The summed E-state index contributed by atoms with van der Waals surface area (Å²) in [5, 5.41) is 0. The van der Waals surface area contributed by atoms with Gasteiger partial charge in [-0.2, -0.15) is 13.2 Å². The number of halogens is 3. The summed E-state index contributed by atoms with van der Waals surface area (Å²) >= 11 is 4.83. The minimum Gasteiger partial charge on any atom is -0.497 e. The molecule has 106 valence electrons. The summed E-state index contributed by atoms with van der Waals surface area (Å²) in [6.45, 7) is -0.0382. The van der Waals surface area contributed by atoms with E-state index in [1.807, 2.05) is 0 Å². The lowest BCUT2D eigenvalue weighted by molar-refractivity contribution is -0.136. The van der Waals surface area contributed by atoms with Crippen molar-refractivity contribution >= 4 is 17.2 Å². The molecule has 0 fully saturated rings. The van der Waals surface area contributed by atoms with E-state index in [9.17, 15) is 13.2 Å². The van der Waals surface area contributed by atoms with Gasteiger partial charge in [-0.3, -0.25) is 0 Å². The van der Waals surface area contributed by atoms with Crippen LogP contribution in [0.2, 0.25) is 0 Å². The zero-order valence-corrected chi connectivity index (χ0v) is 11.1. The van der Waals surface area contributed by atoms with Crippen molar-refractivity contribution in [3.05, 3.63) is 23.8 Å². The number of hydrogen-bond donors (Lipinski definition) is 1. The SMILES string of the molecule is COc1cc(OCCCC(F)(F)F)cc(C(N)=S)c1. The second-order valence-corrected chi connectivity index (χ2v) is 4.27. The van der Waals surface area contributed by atoms with Gasteiger partial charge in [0.15, 0.2) is 0 Å². The highest BCUT2D eigenvalue weighted by molar-refractivity contribution is 7.80. The summed E-state index contributed by atoms with van der Waals surface area (Å²) < 4.78 is 46.2. The molecule has 0 bridgehead atoms. The van der Waals surface area contributed by atoms with Crippen LogP contribution in [0.3, 0.4) is 0 Å². The number of benzene rings is 1. The van der Waals surface area contributed by atoms with E-state index in [1.165, 1.54) is 7.11 Å². The molecule has 0 aliphatic rings. The molecule has 19 heavy (non-hydrogen) atoms. The molecule has 1 aromatic carbocycles. The molecule has 1 aromatic rings. The average molecular weight is 293 g/mol. The molecule has 0 atom stereocenters. The van der Waals surface area contributed by atoms with Crippen molar-refractivity contribution in [1.29, 1.82) is 0 Å². The molecule has 2 N–H and O–H groups in total. The smallest absolute Gasteiger partial charge is 0.389 e. The highest BCUT2D eigenvalue weighted by Gasteiger charge is 2.26. The van der Waals surface area contributed by atoms with Crippen LogP contribution < -0.4 is 15.2 Å². The summed E-state index contributed by atoms with van der Waals surface area (Å²) in [4.78, 5) is 0.166. The summed E-state index contributed by atoms with van der Waals surface area (Å²) in [7, 11) is 1.46. The van der Waals surface area contributed by atoms with Gasteiger partial charge in [0.05, 0.1) is 13.7 Å². The van der Waals surface area contributed by atoms with Crippen molar-refractivity contribution in [2.45, 2.75) is 19.0 Å². The maximum atomic E-state index is 12.0. The molecule has 1 rings (SSSR count). The summed E-state index contributed by atoms with van der Waals surface area (Å²) in [5.41, 5.74) is 6.03. The fourth-order valence-corrected chi connectivity index (χ4v) is 1.50. The molecule has 0 unspecified atom stereocenters. The van der Waals surface area contributed by atoms with E-state index in [2.05, 4.69) is 0 Å². The van der Waals surface area contributed by atoms with E-state index >= 15 is 0 Å². The van der Waals surface area contributed by atoms with E-state index < -0.39 is 12.6 Å². The molecule has 0 saturated carbocycles. The molecule has 0 saturated heterocycles. The van der Waals surface area contributed by atoms with Crippen LogP contribution in [0.25, 0.3) is 0 Å². The third-order valence-corrected chi connectivity index (χ3v) is 2.51. The van der Waals surface area contributed by atoms with Gasteiger partial charge in [-0.25, -0.2) is 0 Å². The van der Waals surface area contributed by atoms with E-state index in [-0.39, 0.29) is 18.0 Å². The van der Waals surface area contributed by atoms with Gasteiger partial charge in [0, 0.05) is 18.1 Å². The van der Waals surface area contributed by atoms with Gasteiger partial charge in [-0.15, -0.1) is 0 Å². The number of rotatable bonds is 6. The van der Waals surface area contributed by atoms with Gasteiger partial charge < -0.3 is 15.2 Å². The summed E-state index contributed by atoms with van der Waals surface area (Å²) in [6, 6.07) is 4.76. The van der Waals surface area contributed by atoms with E-state index in [1.54, 1.807) is 18.2 Å². The van der Waals surface area contributed by atoms with Crippen LogP contribution in [0.4, 0.5) is 13.2 Å².